The molecule has 0 aliphatic carbocycles. The molecule has 0 saturated carbocycles. The van der Waals surface area contributed by atoms with Crippen LogP contribution in [0.3, 0.4) is 0 Å². The molecule has 1 aliphatic rings. The average Bonchev–Trinajstić information content (AvgIpc) is 3.12. The maximum atomic E-state index is 10.5. The Hall–Kier alpha value is -2.09. The molecule has 0 radical (unpaired) electrons. The molecule has 2 aromatic rings. The number of aliphatic imine (C=N–C) groups is 1. The van der Waals surface area contributed by atoms with Gasteiger partial charge in [0.1, 0.15) is 12.2 Å². The van der Waals surface area contributed by atoms with Crippen LogP contribution in [-0.4, -0.2) is 58.5 Å². The second-order valence-corrected chi connectivity index (χ2v) is 6.89. The van der Waals surface area contributed by atoms with Crippen molar-refractivity contribution >= 4 is 17.6 Å². The van der Waals surface area contributed by atoms with Gasteiger partial charge in [0.25, 0.3) is 0 Å². The van der Waals surface area contributed by atoms with Crippen LogP contribution in [0.4, 0.5) is 0 Å². The first-order valence-electron chi connectivity index (χ1n) is 9.14. The minimum atomic E-state index is -0.748. The molecular weight excluding hydrogens is 366 g/mol. The molecule has 8 heteroatoms. The van der Waals surface area contributed by atoms with Crippen molar-refractivity contribution in [3.05, 3.63) is 52.8 Å². The highest BCUT2D eigenvalue weighted by Crippen LogP contribution is 2.24. The highest BCUT2D eigenvalue weighted by atomic mass is 35.5. The normalized spacial score (nSPS) is 19.2. The molecule has 1 aromatic carbocycles. The van der Waals surface area contributed by atoms with Gasteiger partial charge in [-0.25, -0.2) is 0 Å². The fourth-order valence-electron chi connectivity index (χ4n) is 3.09. The monoisotopic (exact) mass is 391 g/mol. The van der Waals surface area contributed by atoms with E-state index >= 15 is 0 Å². The Labute approximate surface area is 164 Å². The molecule has 2 N–H and O–H groups in total. The van der Waals surface area contributed by atoms with Gasteiger partial charge in [0.15, 0.2) is 5.96 Å². The molecule has 0 bridgehead atoms. The number of aliphatic hydroxyl groups excluding tert-OH is 1. The van der Waals surface area contributed by atoms with E-state index in [0.717, 1.165) is 24.6 Å². The summed E-state index contributed by atoms with van der Waals surface area (Å²) in [6, 6.07) is 7.30. The third kappa shape index (κ3) is 5.00. The number of ether oxygens (including phenoxy) is 1. The van der Waals surface area contributed by atoms with Crippen molar-refractivity contribution in [2.75, 3.05) is 32.8 Å². The summed E-state index contributed by atoms with van der Waals surface area (Å²) in [6.45, 7) is 5.04. The number of aliphatic hydroxyl groups is 1. The Morgan fingerprint density at radius 1 is 1.48 bits per heavy atom. The third-order valence-corrected chi connectivity index (χ3v) is 4.82. The molecule has 1 fully saturated rings. The molecule has 2 heterocycles. The van der Waals surface area contributed by atoms with E-state index in [-0.39, 0.29) is 12.6 Å². The highest BCUT2D eigenvalue weighted by Gasteiger charge is 2.25. The van der Waals surface area contributed by atoms with Crippen molar-refractivity contribution in [1.29, 1.82) is 0 Å². The van der Waals surface area contributed by atoms with Gasteiger partial charge >= 0.3 is 0 Å². The van der Waals surface area contributed by atoms with E-state index in [1.807, 2.05) is 44.6 Å². The van der Waals surface area contributed by atoms with Crippen LogP contribution < -0.4 is 5.32 Å². The first-order valence-corrected chi connectivity index (χ1v) is 9.52. The van der Waals surface area contributed by atoms with Crippen molar-refractivity contribution < 1.29 is 9.84 Å². The zero-order valence-corrected chi connectivity index (χ0v) is 16.4. The number of hydrogen-bond acceptors (Lipinski definition) is 4. The number of aromatic nitrogens is 2. The molecule has 1 aromatic heterocycles. The SMILES string of the molecule is CCNC(=NCC(O)c1ccccc1Cl)N1CCOC(c2cnn(C)c2)C1. The van der Waals surface area contributed by atoms with Crippen LogP contribution in [0.5, 0.6) is 0 Å². The van der Waals surface area contributed by atoms with E-state index in [0.29, 0.717) is 23.7 Å². The number of nitrogens with zero attached hydrogens (tertiary/aromatic N) is 4. The first-order chi connectivity index (χ1) is 13.1. The van der Waals surface area contributed by atoms with Crippen LogP contribution >= 0.6 is 11.6 Å². The largest absolute Gasteiger partial charge is 0.386 e. The number of benzene rings is 1. The Bertz CT molecular complexity index is 779. The molecule has 1 aliphatic heterocycles. The Kier molecular flexibility index (Phi) is 6.71. The molecule has 2 unspecified atom stereocenters. The second kappa shape index (κ2) is 9.21. The fraction of sp³-hybridized carbons (Fsp3) is 0.474. The summed E-state index contributed by atoms with van der Waals surface area (Å²) >= 11 is 6.17. The summed E-state index contributed by atoms with van der Waals surface area (Å²) < 4.78 is 7.68. The van der Waals surface area contributed by atoms with Gasteiger partial charge in [-0.15, -0.1) is 0 Å². The zero-order valence-electron chi connectivity index (χ0n) is 15.7. The molecule has 3 rings (SSSR count). The smallest absolute Gasteiger partial charge is 0.194 e. The number of morpholine rings is 1. The fourth-order valence-corrected chi connectivity index (χ4v) is 3.35. The van der Waals surface area contributed by atoms with Crippen molar-refractivity contribution in [2.24, 2.45) is 12.0 Å². The molecular formula is C19H26ClN5O2. The number of guanidine groups is 1. The van der Waals surface area contributed by atoms with E-state index in [4.69, 9.17) is 16.3 Å². The van der Waals surface area contributed by atoms with Gasteiger partial charge in [-0.05, 0) is 13.0 Å². The number of rotatable bonds is 5. The Morgan fingerprint density at radius 2 is 2.30 bits per heavy atom. The molecule has 7 nitrogen and oxygen atoms in total. The van der Waals surface area contributed by atoms with Crippen molar-refractivity contribution in [3.63, 3.8) is 0 Å². The lowest BCUT2D eigenvalue weighted by Gasteiger charge is -2.35. The molecule has 1 saturated heterocycles. The van der Waals surface area contributed by atoms with Crippen molar-refractivity contribution in [2.45, 2.75) is 19.1 Å². The van der Waals surface area contributed by atoms with Gasteiger partial charge in [0.05, 0.1) is 25.9 Å². The van der Waals surface area contributed by atoms with E-state index in [1.54, 1.807) is 10.7 Å². The molecule has 0 amide bonds. The lowest BCUT2D eigenvalue weighted by atomic mass is 10.1. The zero-order chi connectivity index (χ0) is 19.2. The van der Waals surface area contributed by atoms with Crippen LogP contribution in [0, 0.1) is 0 Å². The quantitative estimate of drug-likeness (QED) is 0.603. The van der Waals surface area contributed by atoms with E-state index in [9.17, 15) is 5.11 Å². The van der Waals surface area contributed by atoms with E-state index in [2.05, 4.69) is 20.3 Å². The van der Waals surface area contributed by atoms with Crippen molar-refractivity contribution in [1.82, 2.24) is 20.0 Å². The van der Waals surface area contributed by atoms with Gasteiger partial charge < -0.3 is 20.1 Å². The molecule has 27 heavy (non-hydrogen) atoms. The molecule has 2 atom stereocenters. The van der Waals surface area contributed by atoms with E-state index < -0.39 is 6.10 Å². The first kappa shape index (κ1) is 19.7. The van der Waals surface area contributed by atoms with Gasteiger partial charge in [-0.1, -0.05) is 29.8 Å². The number of halogens is 1. The topological polar surface area (TPSA) is 74.9 Å². The molecule has 146 valence electrons. The summed E-state index contributed by atoms with van der Waals surface area (Å²) in [5.41, 5.74) is 1.74. The van der Waals surface area contributed by atoms with Gasteiger partial charge in [0.2, 0.25) is 0 Å². The number of aryl methyl sites for hydroxylation is 1. The maximum Gasteiger partial charge on any atom is 0.194 e. The van der Waals surface area contributed by atoms with Gasteiger partial charge in [-0.3, -0.25) is 9.67 Å². The third-order valence-electron chi connectivity index (χ3n) is 4.48. The summed E-state index contributed by atoms with van der Waals surface area (Å²) in [5.74, 6) is 0.765. The number of hydrogen-bond donors (Lipinski definition) is 2. The Balaban J connectivity index is 1.70. The Morgan fingerprint density at radius 3 is 3.00 bits per heavy atom. The highest BCUT2D eigenvalue weighted by molar-refractivity contribution is 6.31. The van der Waals surface area contributed by atoms with Crippen LogP contribution in [0.2, 0.25) is 5.02 Å². The van der Waals surface area contributed by atoms with Gasteiger partial charge in [-0.2, -0.15) is 5.10 Å². The predicted molar refractivity (Wildman–Crippen MR) is 106 cm³/mol. The minimum Gasteiger partial charge on any atom is -0.386 e. The summed E-state index contributed by atoms with van der Waals surface area (Å²) in [5, 5.41) is 18.6. The van der Waals surface area contributed by atoms with E-state index in [1.165, 1.54) is 0 Å². The van der Waals surface area contributed by atoms with Crippen LogP contribution in [0.15, 0.2) is 41.7 Å². The second-order valence-electron chi connectivity index (χ2n) is 6.48. The van der Waals surface area contributed by atoms with Crippen LogP contribution in [-0.2, 0) is 11.8 Å². The summed E-state index contributed by atoms with van der Waals surface area (Å²) in [7, 11) is 1.89. The average molecular weight is 392 g/mol. The van der Waals surface area contributed by atoms with Crippen LogP contribution in [0.1, 0.15) is 30.3 Å². The standard InChI is InChI=1S/C19H26ClN5O2/c1-3-21-19(22-11-17(26)15-6-4-5-7-16(15)20)25-8-9-27-18(13-25)14-10-23-24(2)12-14/h4-7,10,12,17-18,26H,3,8-9,11,13H2,1-2H3,(H,21,22). The predicted octanol–water partition coefficient (Wildman–Crippen LogP) is 2.15. The maximum absolute atomic E-state index is 10.5. The minimum absolute atomic E-state index is 0.0511. The lowest BCUT2D eigenvalue weighted by molar-refractivity contribution is -0.00811. The van der Waals surface area contributed by atoms with Crippen LogP contribution in [0.25, 0.3) is 0 Å². The molecule has 0 spiro atoms. The summed E-state index contributed by atoms with van der Waals surface area (Å²) in [4.78, 5) is 6.79. The van der Waals surface area contributed by atoms with Gasteiger partial charge in [0, 0.05) is 42.5 Å². The number of nitrogens with one attached hydrogen (secondary N) is 1. The summed E-state index contributed by atoms with van der Waals surface area (Å²) in [6.07, 6.45) is 3.01. The lowest BCUT2D eigenvalue weighted by Crippen LogP contribution is -2.48. The van der Waals surface area contributed by atoms with Crippen molar-refractivity contribution in [3.8, 4) is 0 Å².